The van der Waals surface area contributed by atoms with Gasteiger partial charge in [-0.15, -0.1) is 11.3 Å². The van der Waals surface area contributed by atoms with Crippen LogP contribution >= 0.6 is 11.3 Å². The Bertz CT molecular complexity index is 673. The second-order valence-corrected chi connectivity index (χ2v) is 4.99. The van der Waals surface area contributed by atoms with E-state index in [1.54, 1.807) is 6.92 Å². The van der Waals surface area contributed by atoms with Crippen molar-refractivity contribution >= 4 is 33.2 Å². The number of Topliss-reactive ketones (excluding diaryl/α,β-unsaturated/α-hetero) is 1. The van der Waals surface area contributed by atoms with Crippen molar-refractivity contribution in [1.82, 2.24) is 0 Å². The first-order valence-electron chi connectivity index (χ1n) is 5.65. The first-order valence-corrected chi connectivity index (χ1v) is 6.47. The first kappa shape index (κ1) is 14.5. The van der Waals surface area contributed by atoms with Gasteiger partial charge in [0.15, 0.2) is 0 Å². The van der Waals surface area contributed by atoms with E-state index in [9.17, 15) is 22.8 Å². The van der Waals surface area contributed by atoms with Gasteiger partial charge >= 0.3 is 12.1 Å². The van der Waals surface area contributed by atoms with Crippen molar-refractivity contribution in [3.05, 3.63) is 34.7 Å². The van der Waals surface area contributed by atoms with Crippen LogP contribution in [0.25, 0.3) is 10.1 Å². The summed E-state index contributed by atoms with van der Waals surface area (Å²) >= 11 is 0.839. The molecule has 0 radical (unpaired) electrons. The number of rotatable bonds is 3. The SMILES string of the molecule is CCOC(=O)C(=O)c1cc2ccc(C(F)(F)F)cc2s1. The van der Waals surface area contributed by atoms with Crippen molar-refractivity contribution in [2.24, 2.45) is 0 Å². The van der Waals surface area contributed by atoms with Crippen molar-refractivity contribution in [2.45, 2.75) is 13.1 Å². The average Bonchev–Trinajstić information content (AvgIpc) is 2.79. The van der Waals surface area contributed by atoms with Crippen molar-refractivity contribution in [1.29, 1.82) is 0 Å². The van der Waals surface area contributed by atoms with Crippen molar-refractivity contribution < 1.29 is 27.5 Å². The predicted octanol–water partition coefficient (Wildman–Crippen LogP) is 3.67. The number of halogens is 3. The van der Waals surface area contributed by atoms with E-state index < -0.39 is 23.5 Å². The molecule has 3 nitrogen and oxygen atoms in total. The number of thiophene rings is 1. The Labute approximate surface area is 116 Å². The van der Waals surface area contributed by atoms with Gasteiger partial charge in [-0.3, -0.25) is 4.79 Å². The van der Waals surface area contributed by atoms with Gasteiger partial charge in [0.1, 0.15) is 0 Å². The minimum atomic E-state index is -4.44. The van der Waals surface area contributed by atoms with Gasteiger partial charge in [0.25, 0.3) is 5.78 Å². The van der Waals surface area contributed by atoms with Gasteiger partial charge in [-0.05, 0) is 30.5 Å². The predicted molar refractivity (Wildman–Crippen MR) is 67.8 cm³/mol. The Morgan fingerprint density at radius 2 is 1.95 bits per heavy atom. The number of esters is 1. The van der Waals surface area contributed by atoms with Gasteiger partial charge in [0.05, 0.1) is 17.0 Å². The summed E-state index contributed by atoms with van der Waals surface area (Å²) in [5, 5.41) is 0.482. The second-order valence-electron chi connectivity index (χ2n) is 3.91. The van der Waals surface area contributed by atoms with Crippen LogP contribution in [0, 0.1) is 0 Å². The van der Waals surface area contributed by atoms with Gasteiger partial charge in [0, 0.05) is 4.70 Å². The molecular formula is C13H9F3O3S. The van der Waals surface area contributed by atoms with Crippen molar-refractivity contribution in [3.63, 3.8) is 0 Å². The van der Waals surface area contributed by atoms with Gasteiger partial charge < -0.3 is 4.74 Å². The molecule has 0 aliphatic carbocycles. The number of alkyl halides is 3. The normalized spacial score (nSPS) is 11.6. The van der Waals surface area contributed by atoms with Crippen molar-refractivity contribution in [2.75, 3.05) is 6.61 Å². The zero-order chi connectivity index (χ0) is 14.9. The van der Waals surface area contributed by atoms with Gasteiger partial charge in [-0.1, -0.05) is 6.07 Å². The minimum absolute atomic E-state index is 0.0632. The fourth-order valence-electron chi connectivity index (χ4n) is 1.62. The van der Waals surface area contributed by atoms with Gasteiger partial charge in [-0.25, -0.2) is 4.79 Å². The lowest BCUT2D eigenvalue weighted by Crippen LogP contribution is -2.16. The topological polar surface area (TPSA) is 43.4 Å². The first-order chi connectivity index (χ1) is 9.32. The molecule has 7 heteroatoms. The van der Waals surface area contributed by atoms with Crippen LogP contribution in [0.3, 0.4) is 0 Å². The van der Waals surface area contributed by atoms with Crippen LogP contribution in [0.15, 0.2) is 24.3 Å². The van der Waals surface area contributed by atoms with Crippen LogP contribution in [0.2, 0.25) is 0 Å². The summed E-state index contributed by atoms with van der Waals surface area (Å²) in [5.74, 6) is -1.85. The standard InChI is InChI=1S/C13H9F3O3S/c1-2-19-12(18)11(17)10-5-7-3-4-8(13(14,15)16)6-9(7)20-10/h3-6H,2H2,1H3. The highest BCUT2D eigenvalue weighted by atomic mass is 32.1. The summed E-state index contributed by atoms with van der Waals surface area (Å²) in [6, 6.07) is 4.56. The number of ether oxygens (including phenoxy) is 1. The largest absolute Gasteiger partial charge is 0.460 e. The number of carbonyl (C=O) groups excluding carboxylic acids is 2. The van der Waals surface area contributed by atoms with Crippen LogP contribution in [0.5, 0.6) is 0 Å². The Kier molecular flexibility index (Phi) is 3.80. The lowest BCUT2D eigenvalue weighted by Gasteiger charge is -2.05. The summed E-state index contributed by atoms with van der Waals surface area (Å²) < 4.78 is 42.6. The Hall–Kier alpha value is -1.89. The molecule has 0 N–H and O–H groups in total. The third-order valence-corrected chi connectivity index (χ3v) is 3.63. The maximum atomic E-state index is 12.6. The molecule has 0 bridgehead atoms. The van der Waals surface area contributed by atoms with Crippen LogP contribution < -0.4 is 0 Å². The lowest BCUT2D eigenvalue weighted by molar-refractivity contribution is -0.138. The lowest BCUT2D eigenvalue weighted by atomic mass is 10.1. The highest BCUT2D eigenvalue weighted by Gasteiger charge is 2.31. The molecule has 2 rings (SSSR count). The van der Waals surface area contributed by atoms with Gasteiger partial charge in [0.2, 0.25) is 0 Å². The monoisotopic (exact) mass is 302 g/mol. The molecule has 0 aliphatic heterocycles. The molecule has 0 saturated heterocycles. The number of benzene rings is 1. The van der Waals surface area contributed by atoms with E-state index in [0.29, 0.717) is 10.1 Å². The molecule has 0 amide bonds. The summed E-state index contributed by atoms with van der Waals surface area (Å²) in [7, 11) is 0. The van der Waals surface area contributed by atoms with E-state index in [1.165, 1.54) is 12.1 Å². The average molecular weight is 302 g/mol. The van der Waals surface area contributed by atoms with E-state index in [1.807, 2.05) is 0 Å². The van der Waals surface area contributed by atoms with E-state index >= 15 is 0 Å². The third kappa shape index (κ3) is 2.82. The molecule has 0 spiro atoms. The maximum absolute atomic E-state index is 12.6. The molecule has 106 valence electrons. The number of hydrogen-bond donors (Lipinski definition) is 0. The molecule has 1 heterocycles. The molecule has 0 aliphatic rings. The summed E-state index contributed by atoms with van der Waals surface area (Å²) in [4.78, 5) is 23.1. The van der Waals surface area contributed by atoms with Crippen LogP contribution in [-0.4, -0.2) is 18.4 Å². The summed E-state index contributed by atoms with van der Waals surface area (Å²) in [6.07, 6.45) is -4.44. The van der Waals surface area contributed by atoms with Crippen LogP contribution in [0.1, 0.15) is 22.2 Å². The summed E-state index contributed by atoms with van der Waals surface area (Å²) in [5.41, 5.74) is -0.790. The number of hydrogen-bond acceptors (Lipinski definition) is 4. The minimum Gasteiger partial charge on any atom is -0.460 e. The molecule has 20 heavy (non-hydrogen) atoms. The van der Waals surface area contributed by atoms with E-state index in [2.05, 4.69) is 4.74 Å². The summed E-state index contributed by atoms with van der Waals surface area (Å²) in [6.45, 7) is 1.62. The Morgan fingerprint density at radius 3 is 2.55 bits per heavy atom. The molecule has 2 aromatic rings. The Morgan fingerprint density at radius 1 is 1.25 bits per heavy atom. The molecule has 0 atom stereocenters. The number of carbonyl (C=O) groups is 2. The quantitative estimate of drug-likeness (QED) is 0.493. The Balaban J connectivity index is 2.39. The second kappa shape index (κ2) is 5.24. The molecule has 0 saturated carbocycles. The van der Waals surface area contributed by atoms with Crippen LogP contribution in [-0.2, 0) is 15.7 Å². The van der Waals surface area contributed by atoms with Gasteiger partial charge in [-0.2, -0.15) is 13.2 Å². The fraction of sp³-hybridized carbons (Fsp3) is 0.231. The molecule has 1 aromatic heterocycles. The van der Waals surface area contributed by atoms with Crippen LogP contribution in [0.4, 0.5) is 13.2 Å². The fourth-order valence-corrected chi connectivity index (χ4v) is 2.65. The van der Waals surface area contributed by atoms with E-state index in [4.69, 9.17) is 0 Å². The van der Waals surface area contributed by atoms with Crippen molar-refractivity contribution in [3.8, 4) is 0 Å². The van der Waals surface area contributed by atoms with E-state index in [0.717, 1.165) is 23.5 Å². The van der Waals surface area contributed by atoms with E-state index in [-0.39, 0.29) is 11.5 Å². The molecule has 0 unspecified atom stereocenters. The maximum Gasteiger partial charge on any atom is 0.416 e. The molecular weight excluding hydrogens is 293 g/mol. The smallest absolute Gasteiger partial charge is 0.416 e. The number of ketones is 1. The zero-order valence-electron chi connectivity index (χ0n) is 10.3. The number of fused-ring (bicyclic) bond motifs is 1. The molecule has 0 fully saturated rings. The molecule has 1 aromatic carbocycles. The highest BCUT2D eigenvalue weighted by Crippen LogP contribution is 2.34. The third-order valence-electron chi connectivity index (χ3n) is 2.53. The zero-order valence-corrected chi connectivity index (χ0v) is 11.1. The highest BCUT2D eigenvalue weighted by molar-refractivity contribution is 7.21.